The fourth-order valence-electron chi connectivity index (χ4n) is 3.06. The lowest BCUT2D eigenvalue weighted by Crippen LogP contribution is -2.30. The van der Waals surface area contributed by atoms with Crippen molar-refractivity contribution in [2.75, 3.05) is 5.32 Å². The minimum atomic E-state index is -0.722. The van der Waals surface area contributed by atoms with E-state index >= 15 is 0 Å². The number of ether oxygens (including phenoxy) is 1. The molecule has 0 saturated heterocycles. The number of anilines is 1. The summed E-state index contributed by atoms with van der Waals surface area (Å²) < 4.78 is 19.0. The smallest absolute Gasteiger partial charge is 0.265 e. The third-order valence-corrected chi connectivity index (χ3v) is 4.73. The molecule has 1 amide bonds. The molecule has 1 aromatic heterocycles. The number of halogens is 1. The molecule has 150 valence electrons. The molecule has 1 heterocycles. The van der Waals surface area contributed by atoms with Gasteiger partial charge in [0.2, 0.25) is 0 Å². The van der Waals surface area contributed by atoms with Crippen LogP contribution < -0.4 is 10.1 Å². The second-order valence-corrected chi connectivity index (χ2v) is 6.98. The summed E-state index contributed by atoms with van der Waals surface area (Å²) in [6, 6.07) is 19.3. The number of rotatable bonds is 5. The quantitative estimate of drug-likeness (QED) is 0.502. The van der Waals surface area contributed by atoms with E-state index < -0.39 is 6.10 Å². The molecule has 5 nitrogen and oxygen atoms in total. The highest BCUT2D eigenvalue weighted by molar-refractivity contribution is 5.94. The van der Waals surface area contributed by atoms with Crippen molar-refractivity contribution in [2.24, 2.45) is 0 Å². The summed E-state index contributed by atoms with van der Waals surface area (Å²) in [5.74, 6) is -0.0915. The lowest BCUT2D eigenvalue weighted by atomic mass is 10.1. The average Bonchev–Trinajstić information content (AvgIpc) is 2.76. The Hall–Kier alpha value is -3.80. The van der Waals surface area contributed by atoms with E-state index in [0.717, 1.165) is 22.3 Å². The second kappa shape index (κ2) is 8.29. The molecule has 30 heavy (non-hydrogen) atoms. The lowest BCUT2D eigenvalue weighted by molar-refractivity contribution is -0.122. The van der Waals surface area contributed by atoms with Crippen LogP contribution in [0, 0.1) is 12.7 Å². The summed E-state index contributed by atoms with van der Waals surface area (Å²) >= 11 is 0. The molecule has 0 unspecified atom stereocenters. The molecular formula is C24H20FN3O2. The predicted octanol–water partition coefficient (Wildman–Crippen LogP) is 5.15. The number of carbonyl (C=O) groups is 1. The standard InChI is InChI=1S/C24H20FN3O2/c1-15-13-18(25)9-12-20(15)28-24(29)16(2)30-19-10-7-17(8-11-19)23-14-26-21-5-3-4-6-22(21)27-23/h3-14,16H,1-2H3,(H,28,29)/t16-/m1/s1. The molecule has 6 heteroatoms. The first kappa shape index (κ1) is 19.5. The van der Waals surface area contributed by atoms with Crippen molar-refractivity contribution in [2.45, 2.75) is 20.0 Å². The van der Waals surface area contributed by atoms with E-state index in [9.17, 15) is 9.18 Å². The van der Waals surface area contributed by atoms with E-state index in [2.05, 4.69) is 15.3 Å². The first-order chi connectivity index (χ1) is 14.5. The molecule has 0 bridgehead atoms. The first-order valence-electron chi connectivity index (χ1n) is 9.55. The Labute approximate surface area is 173 Å². The molecule has 0 fully saturated rings. The summed E-state index contributed by atoms with van der Waals surface area (Å²) in [6.07, 6.45) is 1.01. The third-order valence-electron chi connectivity index (χ3n) is 4.73. The van der Waals surface area contributed by atoms with Crippen molar-refractivity contribution in [1.29, 1.82) is 0 Å². The van der Waals surface area contributed by atoms with Crippen molar-refractivity contribution in [3.8, 4) is 17.0 Å². The van der Waals surface area contributed by atoms with Crippen LogP contribution in [0.25, 0.3) is 22.3 Å². The zero-order valence-electron chi connectivity index (χ0n) is 16.6. The van der Waals surface area contributed by atoms with Crippen LogP contribution in [-0.4, -0.2) is 22.0 Å². The normalized spacial score (nSPS) is 11.8. The van der Waals surface area contributed by atoms with E-state index in [4.69, 9.17) is 4.74 Å². The number of benzene rings is 3. The van der Waals surface area contributed by atoms with E-state index in [0.29, 0.717) is 17.0 Å². The second-order valence-electron chi connectivity index (χ2n) is 6.98. The van der Waals surface area contributed by atoms with Gasteiger partial charge in [0.15, 0.2) is 6.10 Å². The van der Waals surface area contributed by atoms with Crippen LogP contribution >= 0.6 is 0 Å². The molecule has 3 aromatic carbocycles. The minimum Gasteiger partial charge on any atom is -0.481 e. The van der Waals surface area contributed by atoms with Gasteiger partial charge in [-0.25, -0.2) is 9.37 Å². The van der Waals surface area contributed by atoms with Gasteiger partial charge in [0.05, 0.1) is 22.9 Å². The van der Waals surface area contributed by atoms with Crippen molar-refractivity contribution in [3.63, 3.8) is 0 Å². The monoisotopic (exact) mass is 401 g/mol. The van der Waals surface area contributed by atoms with Crippen LogP contribution in [-0.2, 0) is 4.79 Å². The Morgan fingerprint density at radius 1 is 1.03 bits per heavy atom. The maximum Gasteiger partial charge on any atom is 0.265 e. The summed E-state index contributed by atoms with van der Waals surface area (Å²) in [4.78, 5) is 21.5. The van der Waals surface area contributed by atoms with Crippen LogP contribution in [0.1, 0.15) is 12.5 Å². The van der Waals surface area contributed by atoms with E-state index in [1.54, 1.807) is 32.2 Å². The highest BCUT2D eigenvalue weighted by Crippen LogP contribution is 2.23. The van der Waals surface area contributed by atoms with Crippen molar-refractivity contribution >= 4 is 22.6 Å². The van der Waals surface area contributed by atoms with Gasteiger partial charge < -0.3 is 10.1 Å². The van der Waals surface area contributed by atoms with Crippen molar-refractivity contribution < 1.29 is 13.9 Å². The number of fused-ring (bicyclic) bond motifs is 1. The molecule has 0 aliphatic carbocycles. The van der Waals surface area contributed by atoms with Crippen molar-refractivity contribution in [1.82, 2.24) is 9.97 Å². The molecule has 0 aliphatic heterocycles. The molecule has 0 radical (unpaired) electrons. The Balaban J connectivity index is 1.43. The van der Waals surface area contributed by atoms with Gasteiger partial charge in [-0.05, 0) is 74.0 Å². The van der Waals surface area contributed by atoms with Gasteiger partial charge in [0, 0.05) is 11.3 Å². The zero-order valence-corrected chi connectivity index (χ0v) is 16.6. The number of carbonyl (C=O) groups excluding carboxylic acids is 1. The number of aryl methyl sites for hydroxylation is 1. The summed E-state index contributed by atoms with van der Waals surface area (Å²) in [7, 11) is 0. The Morgan fingerprint density at radius 2 is 1.77 bits per heavy atom. The van der Waals surface area contributed by atoms with Crippen LogP contribution in [0.15, 0.2) is 72.9 Å². The number of amides is 1. The largest absolute Gasteiger partial charge is 0.481 e. The number of hydrogen-bond acceptors (Lipinski definition) is 4. The van der Waals surface area contributed by atoms with Crippen LogP contribution in [0.5, 0.6) is 5.75 Å². The lowest BCUT2D eigenvalue weighted by Gasteiger charge is -2.16. The molecule has 0 aliphatic rings. The number of nitrogens with zero attached hydrogens (tertiary/aromatic N) is 2. The molecular weight excluding hydrogens is 381 g/mol. The predicted molar refractivity (Wildman–Crippen MR) is 115 cm³/mol. The van der Waals surface area contributed by atoms with E-state index in [1.165, 1.54) is 18.2 Å². The average molecular weight is 401 g/mol. The summed E-state index contributed by atoms with van der Waals surface area (Å²) in [6.45, 7) is 3.40. The Morgan fingerprint density at radius 3 is 2.50 bits per heavy atom. The molecule has 4 aromatic rings. The number of aromatic nitrogens is 2. The van der Waals surface area contributed by atoms with Gasteiger partial charge in [-0.3, -0.25) is 9.78 Å². The Kier molecular flexibility index (Phi) is 5.39. The highest BCUT2D eigenvalue weighted by atomic mass is 19.1. The van der Waals surface area contributed by atoms with Crippen LogP contribution in [0.4, 0.5) is 10.1 Å². The maximum absolute atomic E-state index is 13.2. The third kappa shape index (κ3) is 4.27. The highest BCUT2D eigenvalue weighted by Gasteiger charge is 2.16. The van der Waals surface area contributed by atoms with Gasteiger partial charge in [-0.2, -0.15) is 0 Å². The number of hydrogen-bond donors (Lipinski definition) is 1. The SMILES string of the molecule is Cc1cc(F)ccc1NC(=O)[C@@H](C)Oc1ccc(-c2cnc3ccccc3n2)cc1. The fraction of sp³-hybridized carbons (Fsp3) is 0.125. The maximum atomic E-state index is 13.2. The van der Waals surface area contributed by atoms with Gasteiger partial charge in [-0.1, -0.05) is 12.1 Å². The molecule has 0 saturated carbocycles. The fourth-order valence-corrected chi connectivity index (χ4v) is 3.06. The molecule has 0 spiro atoms. The van der Waals surface area contributed by atoms with Gasteiger partial charge >= 0.3 is 0 Å². The van der Waals surface area contributed by atoms with Crippen LogP contribution in [0.2, 0.25) is 0 Å². The zero-order chi connectivity index (χ0) is 21.1. The number of nitrogens with one attached hydrogen (secondary N) is 1. The van der Waals surface area contributed by atoms with Gasteiger partial charge in [0.1, 0.15) is 11.6 Å². The molecule has 1 atom stereocenters. The molecule has 4 rings (SSSR count). The Bertz CT molecular complexity index is 1210. The van der Waals surface area contributed by atoms with E-state index in [1.807, 2.05) is 36.4 Å². The van der Waals surface area contributed by atoms with Gasteiger partial charge in [-0.15, -0.1) is 0 Å². The van der Waals surface area contributed by atoms with E-state index in [-0.39, 0.29) is 11.7 Å². The minimum absolute atomic E-state index is 0.311. The van der Waals surface area contributed by atoms with Crippen molar-refractivity contribution in [3.05, 3.63) is 84.3 Å². The van der Waals surface area contributed by atoms with Crippen LogP contribution in [0.3, 0.4) is 0 Å². The molecule has 1 N–H and O–H groups in total. The number of para-hydroxylation sites is 2. The summed E-state index contributed by atoms with van der Waals surface area (Å²) in [5, 5.41) is 2.76. The van der Waals surface area contributed by atoms with Gasteiger partial charge in [0.25, 0.3) is 5.91 Å². The first-order valence-corrected chi connectivity index (χ1v) is 9.55. The topological polar surface area (TPSA) is 64.1 Å². The summed E-state index contributed by atoms with van der Waals surface area (Å²) in [5.41, 5.74) is 4.55.